The van der Waals surface area contributed by atoms with E-state index >= 15 is 0 Å². The summed E-state index contributed by atoms with van der Waals surface area (Å²) in [6.45, 7) is 2.03. The summed E-state index contributed by atoms with van der Waals surface area (Å²) in [5, 5.41) is 5.00. The number of anilines is 1. The fraction of sp³-hybridized carbons (Fsp3) is 0.139. The summed E-state index contributed by atoms with van der Waals surface area (Å²) in [7, 11) is -3.67. The molecule has 0 aromatic heterocycles. The zero-order chi connectivity index (χ0) is 29.6. The third-order valence-electron chi connectivity index (χ3n) is 7.87. The number of hydrogen-bond acceptors (Lipinski definition) is 4. The number of rotatable bonds is 8. The number of hydrogen-bond donors (Lipinski definition) is 1. The van der Waals surface area contributed by atoms with E-state index in [9.17, 15) is 13.2 Å². The fourth-order valence-corrected chi connectivity index (χ4v) is 7.11. The van der Waals surface area contributed by atoms with Crippen molar-refractivity contribution in [2.24, 2.45) is 0 Å². The molecule has 5 aromatic rings. The summed E-state index contributed by atoms with van der Waals surface area (Å²) in [6, 6.07) is 41.1. The van der Waals surface area contributed by atoms with Crippen molar-refractivity contribution in [2.45, 2.75) is 10.9 Å². The molecule has 6 nitrogen and oxygen atoms in total. The number of fused-ring (bicyclic) bond motifs is 1. The van der Waals surface area contributed by atoms with Gasteiger partial charge in [-0.1, -0.05) is 103 Å². The number of amides is 1. The first-order valence-electron chi connectivity index (χ1n) is 14.4. The number of carbonyl (C=O) groups is 1. The molecule has 6 rings (SSSR count). The van der Waals surface area contributed by atoms with Gasteiger partial charge in [0, 0.05) is 37.9 Å². The van der Waals surface area contributed by atoms with Crippen molar-refractivity contribution >= 4 is 38.5 Å². The Morgan fingerprint density at radius 2 is 1.26 bits per heavy atom. The molecule has 1 N–H and O–H groups in total. The zero-order valence-electron chi connectivity index (χ0n) is 23.7. The Morgan fingerprint density at radius 1 is 0.674 bits per heavy atom. The molecule has 1 aliphatic rings. The number of piperazine rings is 1. The first kappa shape index (κ1) is 28.6. The highest BCUT2D eigenvalue weighted by Gasteiger charge is 2.32. The third-order valence-corrected chi connectivity index (χ3v) is 9.78. The van der Waals surface area contributed by atoms with Gasteiger partial charge in [-0.3, -0.25) is 9.69 Å². The van der Waals surface area contributed by atoms with Crippen LogP contribution in [0, 0.1) is 0 Å². The SMILES string of the molecule is O=C(/C=C/c1cccc2ccccc12)Nc1ccc(S(=O)(=O)N2CCN(C(c3ccccc3)c3ccccc3)CC2)cc1. The van der Waals surface area contributed by atoms with Crippen LogP contribution in [0.2, 0.25) is 0 Å². The van der Waals surface area contributed by atoms with E-state index in [4.69, 9.17) is 0 Å². The molecule has 1 aliphatic heterocycles. The van der Waals surface area contributed by atoms with E-state index in [1.165, 1.54) is 17.2 Å². The minimum atomic E-state index is -3.67. The number of sulfonamides is 1. The molecule has 1 amide bonds. The molecule has 7 heteroatoms. The third kappa shape index (κ3) is 6.44. The van der Waals surface area contributed by atoms with E-state index < -0.39 is 10.0 Å². The second-order valence-corrected chi connectivity index (χ2v) is 12.5. The van der Waals surface area contributed by atoms with Gasteiger partial charge in [0.1, 0.15) is 0 Å². The Morgan fingerprint density at radius 3 is 1.91 bits per heavy atom. The van der Waals surface area contributed by atoms with Crippen molar-refractivity contribution in [2.75, 3.05) is 31.5 Å². The topological polar surface area (TPSA) is 69.7 Å². The van der Waals surface area contributed by atoms with Crippen LogP contribution in [0.5, 0.6) is 0 Å². The van der Waals surface area contributed by atoms with Crippen LogP contribution in [-0.4, -0.2) is 49.7 Å². The largest absolute Gasteiger partial charge is 0.323 e. The van der Waals surface area contributed by atoms with Gasteiger partial charge in [-0.25, -0.2) is 8.42 Å². The first-order chi connectivity index (χ1) is 21.0. The molecule has 1 fully saturated rings. The van der Waals surface area contributed by atoms with E-state index in [1.54, 1.807) is 34.6 Å². The summed E-state index contributed by atoms with van der Waals surface area (Å²) in [5.41, 5.74) is 3.86. The lowest BCUT2D eigenvalue weighted by Crippen LogP contribution is -2.49. The maximum absolute atomic E-state index is 13.5. The van der Waals surface area contributed by atoms with Gasteiger partial charge in [-0.05, 0) is 57.8 Å². The average molecular weight is 588 g/mol. The van der Waals surface area contributed by atoms with Crippen LogP contribution in [0.3, 0.4) is 0 Å². The molecule has 1 heterocycles. The maximum Gasteiger partial charge on any atom is 0.248 e. The van der Waals surface area contributed by atoms with E-state index in [0.717, 1.165) is 16.3 Å². The molecule has 0 bridgehead atoms. The number of nitrogens with zero attached hydrogens (tertiary/aromatic N) is 2. The van der Waals surface area contributed by atoms with E-state index in [-0.39, 0.29) is 16.8 Å². The Hall–Kier alpha value is -4.56. The van der Waals surface area contributed by atoms with E-state index in [0.29, 0.717) is 31.9 Å². The van der Waals surface area contributed by atoms with Gasteiger partial charge in [0.25, 0.3) is 0 Å². The van der Waals surface area contributed by atoms with Crippen molar-refractivity contribution < 1.29 is 13.2 Å². The van der Waals surface area contributed by atoms with Gasteiger partial charge in [0.2, 0.25) is 15.9 Å². The summed E-state index contributed by atoms with van der Waals surface area (Å²) in [5.74, 6) is -0.286. The summed E-state index contributed by atoms with van der Waals surface area (Å²) < 4.78 is 28.6. The molecule has 0 unspecified atom stereocenters. The van der Waals surface area contributed by atoms with Crippen LogP contribution in [0.15, 0.2) is 138 Å². The van der Waals surface area contributed by atoms with Gasteiger partial charge in [0.15, 0.2) is 0 Å². The van der Waals surface area contributed by atoms with Crippen LogP contribution in [0.1, 0.15) is 22.7 Å². The Labute approximate surface area is 253 Å². The van der Waals surface area contributed by atoms with Crippen LogP contribution in [-0.2, 0) is 14.8 Å². The van der Waals surface area contributed by atoms with Crippen LogP contribution in [0.4, 0.5) is 5.69 Å². The predicted molar refractivity (Wildman–Crippen MR) is 173 cm³/mol. The molecule has 0 saturated carbocycles. The molecule has 0 aliphatic carbocycles. The first-order valence-corrected chi connectivity index (χ1v) is 15.8. The van der Waals surface area contributed by atoms with Gasteiger partial charge in [0.05, 0.1) is 10.9 Å². The number of carbonyl (C=O) groups excluding carboxylic acids is 1. The van der Waals surface area contributed by atoms with Crippen molar-refractivity contribution in [3.8, 4) is 0 Å². The lowest BCUT2D eigenvalue weighted by Gasteiger charge is -2.39. The molecule has 1 saturated heterocycles. The van der Waals surface area contributed by atoms with Gasteiger partial charge < -0.3 is 5.32 Å². The fourth-order valence-electron chi connectivity index (χ4n) is 5.69. The molecule has 0 radical (unpaired) electrons. The second kappa shape index (κ2) is 12.8. The zero-order valence-corrected chi connectivity index (χ0v) is 24.5. The molecule has 0 spiro atoms. The van der Waals surface area contributed by atoms with Crippen LogP contribution in [0.25, 0.3) is 16.8 Å². The molecule has 5 aromatic carbocycles. The summed E-state index contributed by atoms with van der Waals surface area (Å²) >= 11 is 0. The smallest absolute Gasteiger partial charge is 0.248 e. The lowest BCUT2D eigenvalue weighted by atomic mass is 9.96. The minimum absolute atomic E-state index is 0.0600. The Bertz CT molecular complexity index is 1790. The van der Waals surface area contributed by atoms with E-state index in [1.807, 2.05) is 78.9 Å². The predicted octanol–water partition coefficient (Wildman–Crippen LogP) is 6.59. The monoisotopic (exact) mass is 587 g/mol. The highest BCUT2D eigenvalue weighted by molar-refractivity contribution is 7.89. The number of benzene rings is 5. The molecule has 43 heavy (non-hydrogen) atoms. The molecule has 0 atom stereocenters. The lowest BCUT2D eigenvalue weighted by molar-refractivity contribution is -0.111. The van der Waals surface area contributed by atoms with Crippen LogP contribution >= 0.6 is 0 Å². The Kier molecular flexibility index (Phi) is 8.47. The van der Waals surface area contributed by atoms with Crippen molar-refractivity contribution in [1.82, 2.24) is 9.21 Å². The average Bonchev–Trinajstić information content (AvgIpc) is 3.05. The quantitative estimate of drug-likeness (QED) is 0.208. The van der Waals surface area contributed by atoms with Gasteiger partial charge in [-0.15, -0.1) is 0 Å². The highest BCUT2D eigenvalue weighted by atomic mass is 32.2. The Balaban J connectivity index is 1.10. The van der Waals surface area contributed by atoms with Crippen molar-refractivity contribution in [1.29, 1.82) is 0 Å². The van der Waals surface area contributed by atoms with Crippen molar-refractivity contribution in [3.63, 3.8) is 0 Å². The van der Waals surface area contributed by atoms with Crippen molar-refractivity contribution in [3.05, 3.63) is 150 Å². The van der Waals surface area contributed by atoms with Crippen LogP contribution < -0.4 is 5.32 Å². The second-order valence-electron chi connectivity index (χ2n) is 10.6. The highest BCUT2D eigenvalue weighted by Crippen LogP contribution is 2.30. The molecular formula is C36H33N3O3S. The van der Waals surface area contributed by atoms with E-state index in [2.05, 4.69) is 34.5 Å². The standard InChI is InChI=1S/C36H33N3O3S/c40-35(23-18-29-16-9-15-28-10-7-8-17-34(28)29)37-32-19-21-33(22-20-32)43(41,42)39-26-24-38(25-27-39)36(30-11-3-1-4-12-30)31-13-5-2-6-14-31/h1-23,36H,24-27H2,(H,37,40)/b23-18+. The minimum Gasteiger partial charge on any atom is -0.323 e. The summed E-state index contributed by atoms with van der Waals surface area (Å²) in [4.78, 5) is 15.2. The molecular weight excluding hydrogens is 554 g/mol. The molecule has 216 valence electrons. The normalized spacial score (nSPS) is 14.8. The maximum atomic E-state index is 13.5. The summed E-state index contributed by atoms with van der Waals surface area (Å²) in [6.07, 6.45) is 3.28. The number of nitrogens with one attached hydrogen (secondary N) is 1. The van der Waals surface area contributed by atoms with Gasteiger partial charge in [-0.2, -0.15) is 4.31 Å². The van der Waals surface area contributed by atoms with Gasteiger partial charge >= 0.3 is 0 Å².